The summed E-state index contributed by atoms with van der Waals surface area (Å²) in [5.41, 5.74) is -0.570. The van der Waals surface area contributed by atoms with Gasteiger partial charge in [0.15, 0.2) is 0 Å². The second kappa shape index (κ2) is 6.61. The number of aliphatic carboxylic acids is 1. The van der Waals surface area contributed by atoms with Gasteiger partial charge in [0.25, 0.3) is 0 Å². The fraction of sp³-hybridized carbons (Fsp3) is 0.533. The summed E-state index contributed by atoms with van der Waals surface area (Å²) in [5, 5.41) is 9.76. The van der Waals surface area contributed by atoms with Crippen LogP contribution in [0.1, 0.15) is 26.3 Å². The Morgan fingerprint density at radius 3 is 2.25 bits per heavy atom. The Hall–Kier alpha value is -1.75. The Morgan fingerprint density at radius 2 is 1.85 bits per heavy atom. The van der Waals surface area contributed by atoms with Crippen molar-refractivity contribution in [3.63, 3.8) is 0 Å². The van der Waals surface area contributed by atoms with Gasteiger partial charge >= 0.3 is 5.97 Å². The van der Waals surface area contributed by atoms with Gasteiger partial charge < -0.3 is 14.6 Å². The number of likely N-dealkylation sites (N-methyl/N-ethyl adjacent to an activating group) is 1. The van der Waals surface area contributed by atoms with Crippen LogP contribution in [0.15, 0.2) is 18.2 Å². The van der Waals surface area contributed by atoms with E-state index in [-0.39, 0.29) is 0 Å². The molecule has 0 fully saturated rings. The van der Waals surface area contributed by atoms with Crippen molar-refractivity contribution in [2.24, 2.45) is 0 Å². The van der Waals surface area contributed by atoms with E-state index in [1.807, 2.05) is 18.7 Å². The molecule has 0 saturated carbocycles. The van der Waals surface area contributed by atoms with Crippen molar-refractivity contribution in [2.45, 2.75) is 26.3 Å². The van der Waals surface area contributed by atoms with Gasteiger partial charge in [-0.3, -0.25) is 4.90 Å². The topological polar surface area (TPSA) is 59.0 Å². The number of nitrogens with zero attached hydrogens (tertiary/aromatic N) is 1. The van der Waals surface area contributed by atoms with E-state index in [1.54, 1.807) is 32.2 Å². The standard InChI is InChI=1S/C15H23NO4/c1-6-16(7-2)15(3,14(17)18)12-10-11(19-4)8-9-13(12)20-5/h8-10H,6-7H2,1-5H3,(H,17,18). The SMILES string of the molecule is CCN(CC)C(C)(C(=O)O)c1cc(OC)ccc1OC. The fourth-order valence-corrected chi connectivity index (χ4v) is 2.47. The lowest BCUT2D eigenvalue weighted by molar-refractivity contribution is -0.151. The molecule has 112 valence electrons. The largest absolute Gasteiger partial charge is 0.497 e. The van der Waals surface area contributed by atoms with Gasteiger partial charge in [-0.25, -0.2) is 4.79 Å². The Morgan fingerprint density at radius 1 is 1.25 bits per heavy atom. The second-order valence-electron chi connectivity index (χ2n) is 4.62. The summed E-state index contributed by atoms with van der Waals surface area (Å²) in [6, 6.07) is 5.22. The monoisotopic (exact) mass is 281 g/mol. The molecule has 20 heavy (non-hydrogen) atoms. The first kappa shape index (κ1) is 16.3. The minimum atomic E-state index is -1.16. The first-order valence-corrected chi connectivity index (χ1v) is 6.66. The third-order valence-electron chi connectivity index (χ3n) is 3.74. The molecule has 1 unspecified atom stereocenters. The molecule has 0 aliphatic carbocycles. The van der Waals surface area contributed by atoms with Crippen LogP contribution in [0.4, 0.5) is 0 Å². The van der Waals surface area contributed by atoms with E-state index >= 15 is 0 Å². The second-order valence-corrected chi connectivity index (χ2v) is 4.62. The van der Waals surface area contributed by atoms with Gasteiger partial charge in [0, 0.05) is 5.56 Å². The van der Waals surface area contributed by atoms with Crippen LogP contribution >= 0.6 is 0 Å². The van der Waals surface area contributed by atoms with Crippen molar-refractivity contribution in [1.29, 1.82) is 0 Å². The lowest BCUT2D eigenvalue weighted by atomic mass is 9.88. The molecular formula is C15H23NO4. The lowest BCUT2D eigenvalue weighted by Crippen LogP contribution is -2.49. The van der Waals surface area contributed by atoms with E-state index in [0.717, 1.165) is 0 Å². The van der Waals surface area contributed by atoms with Crippen LogP contribution in [0.3, 0.4) is 0 Å². The fourth-order valence-electron chi connectivity index (χ4n) is 2.47. The van der Waals surface area contributed by atoms with Crippen molar-refractivity contribution in [3.05, 3.63) is 23.8 Å². The molecule has 0 aliphatic heterocycles. The van der Waals surface area contributed by atoms with Gasteiger partial charge in [0.1, 0.15) is 17.0 Å². The molecule has 5 nitrogen and oxygen atoms in total. The highest BCUT2D eigenvalue weighted by Gasteiger charge is 2.42. The summed E-state index contributed by atoms with van der Waals surface area (Å²) in [6.45, 7) is 6.83. The Kier molecular flexibility index (Phi) is 5.39. The zero-order chi connectivity index (χ0) is 15.3. The molecule has 1 atom stereocenters. The minimum Gasteiger partial charge on any atom is -0.497 e. The zero-order valence-corrected chi connectivity index (χ0v) is 12.8. The molecule has 0 bridgehead atoms. The maximum atomic E-state index is 11.9. The van der Waals surface area contributed by atoms with Crippen molar-refractivity contribution in [3.8, 4) is 11.5 Å². The molecule has 1 aromatic rings. The third-order valence-corrected chi connectivity index (χ3v) is 3.74. The number of carboxylic acid groups (broad SMARTS) is 1. The summed E-state index contributed by atoms with van der Waals surface area (Å²) < 4.78 is 10.5. The van der Waals surface area contributed by atoms with Crippen LogP contribution in [-0.4, -0.2) is 43.3 Å². The quantitative estimate of drug-likeness (QED) is 0.831. The highest BCUT2D eigenvalue weighted by atomic mass is 16.5. The molecule has 0 aliphatic rings. The van der Waals surface area contributed by atoms with E-state index in [0.29, 0.717) is 30.2 Å². The Labute approximate surface area is 120 Å². The predicted octanol–water partition coefficient (Wildman–Crippen LogP) is 2.35. The maximum Gasteiger partial charge on any atom is 0.328 e. The number of hydrogen-bond acceptors (Lipinski definition) is 4. The van der Waals surface area contributed by atoms with Crippen LogP contribution < -0.4 is 9.47 Å². The summed E-state index contributed by atoms with van der Waals surface area (Å²) >= 11 is 0. The van der Waals surface area contributed by atoms with E-state index in [4.69, 9.17) is 9.47 Å². The van der Waals surface area contributed by atoms with Gasteiger partial charge in [-0.1, -0.05) is 13.8 Å². The van der Waals surface area contributed by atoms with Gasteiger partial charge in [-0.05, 0) is 38.2 Å². The molecule has 1 N–H and O–H groups in total. The predicted molar refractivity (Wildman–Crippen MR) is 77.5 cm³/mol. The molecule has 1 aromatic carbocycles. The van der Waals surface area contributed by atoms with E-state index in [2.05, 4.69) is 0 Å². The number of carboxylic acids is 1. The average Bonchev–Trinajstić information content (AvgIpc) is 2.47. The van der Waals surface area contributed by atoms with Crippen LogP contribution in [0.25, 0.3) is 0 Å². The Bertz CT molecular complexity index is 471. The third kappa shape index (κ3) is 2.72. The average molecular weight is 281 g/mol. The molecule has 5 heteroatoms. The number of benzene rings is 1. The molecule has 1 rings (SSSR count). The molecule has 0 amide bonds. The van der Waals surface area contributed by atoms with Crippen LogP contribution in [0, 0.1) is 0 Å². The number of ether oxygens (including phenoxy) is 2. The summed E-state index contributed by atoms with van der Waals surface area (Å²) in [4.78, 5) is 13.8. The smallest absolute Gasteiger partial charge is 0.328 e. The zero-order valence-electron chi connectivity index (χ0n) is 12.8. The minimum absolute atomic E-state index is 0.544. The number of carbonyl (C=O) groups is 1. The van der Waals surface area contributed by atoms with Crippen molar-refractivity contribution < 1.29 is 19.4 Å². The van der Waals surface area contributed by atoms with Crippen molar-refractivity contribution >= 4 is 5.97 Å². The molecule has 0 heterocycles. The summed E-state index contributed by atoms with van der Waals surface area (Å²) in [5.74, 6) is 0.246. The summed E-state index contributed by atoms with van der Waals surface area (Å²) in [6.07, 6.45) is 0. The highest BCUT2D eigenvalue weighted by molar-refractivity contribution is 5.81. The summed E-state index contributed by atoms with van der Waals surface area (Å²) in [7, 11) is 3.09. The first-order chi connectivity index (χ1) is 9.45. The highest BCUT2D eigenvalue weighted by Crippen LogP contribution is 2.37. The molecule has 0 saturated heterocycles. The van der Waals surface area contributed by atoms with E-state index < -0.39 is 11.5 Å². The molecule has 0 aromatic heterocycles. The van der Waals surface area contributed by atoms with Gasteiger partial charge in [0.05, 0.1) is 14.2 Å². The molecular weight excluding hydrogens is 258 g/mol. The number of rotatable bonds is 7. The number of methoxy groups -OCH3 is 2. The maximum absolute atomic E-state index is 11.9. The normalized spacial score (nSPS) is 13.9. The Balaban J connectivity index is 3.51. The van der Waals surface area contributed by atoms with Gasteiger partial charge in [-0.15, -0.1) is 0 Å². The lowest BCUT2D eigenvalue weighted by Gasteiger charge is -2.37. The van der Waals surface area contributed by atoms with Crippen LogP contribution in [0.5, 0.6) is 11.5 Å². The van der Waals surface area contributed by atoms with Gasteiger partial charge in [-0.2, -0.15) is 0 Å². The number of hydrogen-bond donors (Lipinski definition) is 1. The van der Waals surface area contributed by atoms with Crippen molar-refractivity contribution in [1.82, 2.24) is 4.90 Å². The molecule has 0 spiro atoms. The molecule has 0 radical (unpaired) electrons. The van der Waals surface area contributed by atoms with E-state index in [9.17, 15) is 9.90 Å². The van der Waals surface area contributed by atoms with Gasteiger partial charge in [0.2, 0.25) is 0 Å². The van der Waals surface area contributed by atoms with Crippen LogP contribution in [0.2, 0.25) is 0 Å². The van der Waals surface area contributed by atoms with Crippen LogP contribution in [-0.2, 0) is 10.3 Å². The van der Waals surface area contributed by atoms with Crippen molar-refractivity contribution in [2.75, 3.05) is 27.3 Å². The first-order valence-electron chi connectivity index (χ1n) is 6.66. The van der Waals surface area contributed by atoms with E-state index in [1.165, 1.54) is 7.11 Å².